The Morgan fingerprint density at radius 2 is 1.86 bits per heavy atom. The number of morpholine rings is 1. The molecule has 0 saturated carbocycles. The van der Waals surface area contributed by atoms with Gasteiger partial charge in [-0.2, -0.15) is 0 Å². The second kappa shape index (κ2) is 10.6. The van der Waals surface area contributed by atoms with Crippen LogP contribution < -0.4 is 20.9 Å². The number of hydrogen-bond acceptors (Lipinski definition) is 8. The lowest BCUT2D eigenvalue weighted by Gasteiger charge is -2.30. The first kappa shape index (κ1) is 23.5. The van der Waals surface area contributed by atoms with Crippen LogP contribution in [0.25, 0.3) is 16.8 Å². The Labute approximate surface area is 210 Å². The van der Waals surface area contributed by atoms with E-state index in [4.69, 9.17) is 15.5 Å². The second-order valence-electron chi connectivity index (χ2n) is 8.70. The first-order valence-electron chi connectivity index (χ1n) is 12.0. The highest BCUT2D eigenvalue weighted by Gasteiger charge is 2.19. The van der Waals surface area contributed by atoms with E-state index >= 15 is 0 Å². The van der Waals surface area contributed by atoms with E-state index in [1.807, 2.05) is 18.2 Å². The molecule has 3 N–H and O–H groups in total. The topological polar surface area (TPSA) is 110 Å². The lowest BCUT2D eigenvalue weighted by molar-refractivity contribution is -0.111. The van der Waals surface area contributed by atoms with Crippen LogP contribution in [0.1, 0.15) is 12.0 Å². The predicted molar refractivity (Wildman–Crippen MR) is 143 cm³/mol. The molecule has 1 fully saturated rings. The fourth-order valence-corrected chi connectivity index (χ4v) is 4.41. The molecule has 5 rings (SSSR count). The molecule has 2 aromatic heterocycles. The van der Waals surface area contributed by atoms with Gasteiger partial charge in [0.2, 0.25) is 11.9 Å². The van der Waals surface area contributed by atoms with E-state index in [2.05, 4.69) is 55.9 Å². The Morgan fingerprint density at radius 1 is 1.06 bits per heavy atom. The third-order valence-electron chi connectivity index (χ3n) is 6.36. The molecule has 2 aliphatic heterocycles. The number of carbonyl (C=O) groups is 1. The van der Waals surface area contributed by atoms with Gasteiger partial charge >= 0.3 is 0 Å². The van der Waals surface area contributed by atoms with Crippen LogP contribution in [0.3, 0.4) is 0 Å². The summed E-state index contributed by atoms with van der Waals surface area (Å²) in [5.41, 5.74) is 11.6. The number of hydrogen-bond donors (Lipinski definition) is 2. The van der Waals surface area contributed by atoms with Gasteiger partial charge in [0.05, 0.1) is 18.9 Å². The highest BCUT2D eigenvalue weighted by Crippen LogP contribution is 2.31. The number of benzene rings is 1. The number of rotatable bonds is 6. The molecule has 9 heteroatoms. The van der Waals surface area contributed by atoms with Gasteiger partial charge in [-0.1, -0.05) is 18.7 Å². The Hall–Kier alpha value is -4.24. The van der Waals surface area contributed by atoms with Crippen LogP contribution in [0.15, 0.2) is 67.5 Å². The molecule has 0 unspecified atom stereocenters. The first-order chi connectivity index (χ1) is 17.6. The van der Waals surface area contributed by atoms with E-state index < -0.39 is 0 Å². The summed E-state index contributed by atoms with van der Waals surface area (Å²) in [5.74, 6) is 0.951. The summed E-state index contributed by atoms with van der Waals surface area (Å²) in [6.07, 6.45) is 7.85. The maximum atomic E-state index is 11.7. The summed E-state index contributed by atoms with van der Waals surface area (Å²) < 4.78 is 5.54. The fourth-order valence-electron chi connectivity index (χ4n) is 4.41. The maximum absolute atomic E-state index is 11.7. The zero-order valence-electron chi connectivity index (χ0n) is 20.1. The molecule has 0 atom stereocenters. The third-order valence-corrected chi connectivity index (χ3v) is 6.36. The van der Waals surface area contributed by atoms with Crippen LogP contribution in [-0.2, 0) is 9.53 Å². The SMILES string of the molecule is C=CC(=O)Nc1cccc(N2CC=C(c3cc(-c4cnc(N)nc4)nc(N4CCOCC4)c3)CC2)c1. The molecule has 1 saturated heterocycles. The van der Waals surface area contributed by atoms with Crippen molar-refractivity contribution >= 4 is 34.6 Å². The maximum Gasteiger partial charge on any atom is 0.247 e. The van der Waals surface area contributed by atoms with E-state index in [0.29, 0.717) is 13.2 Å². The third kappa shape index (κ3) is 5.36. The van der Waals surface area contributed by atoms with E-state index in [9.17, 15) is 4.79 Å². The molecular formula is C27H29N7O2. The number of nitrogens with one attached hydrogen (secondary N) is 1. The minimum atomic E-state index is -0.218. The quantitative estimate of drug-likeness (QED) is 0.514. The summed E-state index contributed by atoms with van der Waals surface area (Å²) in [5, 5.41) is 2.83. The zero-order valence-corrected chi connectivity index (χ0v) is 20.1. The van der Waals surface area contributed by atoms with Crippen molar-refractivity contribution in [2.24, 2.45) is 0 Å². The summed E-state index contributed by atoms with van der Waals surface area (Å²) >= 11 is 0. The minimum absolute atomic E-state index is 0.218. The van der Waals surface area contributed by atoms with Gasteiger partial charge in [-0.15, -0.1) is 0 Å². The van der Waals surface area contributed by atoms with Gasteiger partial charge in [0.15, 0.2) is 0 Å². The van der Waals surface area contributed by atoms with Gasteiger partial charge in [0.25, 0.3) is 0 Å². The van der Waals surface area contributed by atoms with E-state index in [1.54, 1.807) is 12.4 Å². The molecule has 9 nitrogen and oxygen atoms in total. The number of nitrogens with two attached hydrogens (primary N) is 1. The van der Waals surface area contributed by atoms with Crippen molar-refractivity contribution in [2.45, 2.75) is 6.42 Å². The van der Waals surface area contributed by atoms with Crippen LogP contribution in [0, 0.1) is 0 Å². The van der Waals surface area contributed by atoms with Crippen molar-refractivity contribution in [1.82, 2.24) is 15.0 Å². The van der Waals surface area contributed by atoms with Crippen LogP contribution in [0.4, 0.5) is 23.1 Å². The van der Waals surface area contributed by atoms with Crippen molar-refractivity contribution in [2.75, 3.05) is 60.2 Å². The minimum Gasteiger partial charge on any atom is -0.378 e. The molecule has 4 heterocycles. The highest BCUT2D eigenvalue weighted by molar-refractivity contribution is 5.99. The van der Waals surface area contributed by atoms with Crippen molar-refractivity contribution in [3.63, 3.8) is 0 Å². The largest absolute Gasteiger partial charge is 0.378 e. The van der Waals surface area contributed by atoms with Gasteiger partial charge in [0.1, 0.15) is 5.82 Å². The summed E-state index contributed by atoms with van der Waals surface area (Å²) in [6, 6.07) is 12.1. The predicted octanol–water partition coefficient (Wildman–Crippen LogP) is 3.38. The Morgan fingerprint density at radius 3 is 2.58 bits per heavy atom. The highest BCUT2D eigenvalue weighted by atomic mass is 16.5. The number of nitrogen functional groups attached to an aromatic ring is 1. The average molecular weight is 484 g/mol. The molecule has 0 aliphatic carbocycles. The standard InChI is InChI=1S/C27H29N7O2/c1-2-26(35)31-22-4-3-5-23(16-22)33-8-6-19(7-9-33)20-14-24(21-17-29-27(28)30-18-21)32-25(15-20)34-10-12-36-13-11-34/h2-6,14-18H,1,7-13H2,(H,31,35)(H2,28,29,30). The summed E-state index contributed by atoms with van der Waals surface area (Å²) in [4.78, 5) is 29.5. The van der Waals surface area contributed by atoms with E-state index in [1.165, 1.54) is 11.6 Å². The number of amides is 1. The molecule has 2 aliphatic rings. The lowest BCUT2D eigenvalue weighted by Crippen LogP contribution is -2.36. The Balaban J connectivity index is 1.41. The molecule has 1 amide bonds. The second-order valence-corrected chi connectivity index (χ2v) is 8.70. The molecule has 3 aromatic rings. The number of pyridine rings is 1. The van der Waals surface area contributed by atoms with Crippen molar-refractivity contribution in [3.8, 4) is 11.3 Å². The van der Waals surface area contributed by atoms with E-state index in [0.717, 1.165) is 66.6 Å². The number of aromatic nitrogens is 3. The van der Waals surface area contributed by atoms with Gasteiger partial charge in [0, 0.05) is 55.5 Å². The van der Waals surface area contributed by atoms with Crippen molar-refractivity contribution in [1.29, 1.82) is 0 Å². The molecule has 0 spiro atoms. The molecule has 36 heavy (non-hydrogen) atoms. The number of ether oxygens (including phenoxy) is 1. The van der Waals surface area contributed by atoms with Gasteiger partial charge < -0.3 is 25.6 Å². The fraction of sp³-hybridized carbons (Fsp3) is 0.259. The Kier molecular flexibility index (Phi) is 6.90. The molecule has 1 aromatic carbocycles. The lowest BCUT2D eigenvalue weighted by atomic mass is 9.98. The molecule has 184 valence electrons. The number of anilines is 4. The van der Waals surface area contributed by atoms with Crippen molar-refractivity contribution < 1.29 is 9.53 Å². The zero-order chi connectivity index (χ0) is 24.9. The Bertz CT molecular complexity index is 1280. The van der Waals surface area contributed by atoms with Gasteiger partial charge in [-0.05, 0) is 54.0 Å². The summed E-state index contributed by atoms with van der Waals surface area (Å²) in [7, 11) is 0. The number of nitrogens with zero attached hydrogens (tertiary/aromatic N) is 5. The average Bonchev–Trinajstić information content (AvgIpc) is 2.94. The molecule has 0 bridgehead atoms. The van der Waals surface area contributed by atoms with Crippen LogP contribution in [0.5, 0.6) is 0 Å². The van der Waals surface area contributed by atoms with Crippen LogP contribution in [-0.4, -0.2) is 60.3 Å². The molecular weight excluding hydrogens is 454 g/mol. The normalized spacial score (nSPS) is 15.8. The summed E-state index contributed by atoms with van der Waals surface area (Å²) in [6.45, 7) is 8.14. The number of carbonyl (C=O) groups excluding carboxylic acids is 1. The van der Waals surface area contributed by atoms with Crippen LogP contribution >= 0.6 is 0 Å². The van der Waals surface area contributed by atoms with E-state index in [-0.39, 0.29) is 11.9 Å². The molecule has 0 radical (unpaired) electrons. The van der Waals surface area contributed by atoms with Crippen LogP contribution in [0.2, 0.25) is 0 Å². The van der Waals surface area contributed by atoms with Crippen molar-refractivity contribution in [3.05, 3.63) is 73.1 Å². The smallest absolute Gasteiger partial charge is 0.247 e. The monoisotopic (exact) mass is 483 g/mol. The first-order valence-corrected chi connectivity index (χ1v) is 12.0. The van der Waals surface area contributed by atoms with Gasteiger partial charge in [-0.3, -0.25) is 4.79 Å². The van der Waals surface area contributed by atoms with Gasteiger partial charge in [-0.25, -0.2) is 15.0 Å².